The van der Waals surface area contributed by atoms with Gasteiger partial charge in [0, 0.05) is 0 Å². The number of carbonyl (C=O) groups excluding carboxylic acids is 1. The molecule has 0 spiro atoms. The second-order valence-corrected chi connectivity index (χ2v) is 2.46. The summed E-state index contributed by atoms with van der Waals surface area (Å²) in [4.78, 5) is 18.7. The molecule has 0 fully saturated rings. The van der Waals surface area contributed by atoms with E-state index >= 15 is 0 Å². The van der Waals surface area contributed by atoms with E-state index in [0.29, 0.717) is 6.29 Å². The molecule has 0 aromatic heterocycles. The average Bonchev–Trinajstić information content (AvgIpc) is 1.81. The Morgan fingerprint density at radius 3 is 2.10 bits per heavy atom. The highest BCUT2D eigenvalue weighted by molar-refractivity contribution is 6.48. The molecule has 0 bridgehead atoms. The average molecular weight is 183 g/mol. The normalized spacial score (nSPS) is 11.7. The molecule has 0 aliphatic carbocycles. The number of aliphatic carboxylic acids is 1. The summed E-state index contributed by atoms with van der Waals surface area (Å²) in [7, 11) is 0. The lowest BCUT2D eigenvalue weighted by Crippen LogP contribution is -2.07. The van der Waals surface area contributed by atoms with E-state index in [1.54, 1.807) is 0 Å². The number of hydrogen-bond donors (Lipinski definition) is 1. The van der Waals surface area contributed by atoms with Crippen molar-refractivity contribution in [2.45, 2.75) is 4.84 Å². The van der Waals surface area contributed by atoms with Gasteiger partial charge in [0.05, 0.1) is 5.57 Å². The summed E-state index contributed by atoms with van der Waals surface area (Å²) in [6, 6.07) is 0. The highest BCUT2D eigenvalue weighted by Gasteiger charge is 2.14. The van der Waals surface area contributed by atoms with Crippen molar-refractivity contribution in [2.75, 3.05) is 0 Å². The predicted octanol–water partition coefficient (Wildman–Crippen LogP) is 1.00. The van der Waals surface area contributed by atoms with Gasteiger partial charge in [0.15, 0.2) is 0 Å². The largest absolute Gasteiger partial charge is 0.478 e. The number of alkyl halides is 2. The molecule has 0 heterocycles. The maximum Gasteiger partial charge on any atom is 0.334 e. The maximum atomic E-state index is 10.1. The molecule has 5 heteroatoms. The molecule has 0 unspecified atom stereocenters. The van der Waals surface area contributed by atoms with Gasteiger partial charge in [0.1, 0.15) is 11.1 Å². The minimum Gasteiger partial charge on any atom is -0.478 e. The molecular formula is C5H4Cl2O3. The van der Waals surface area contributed by atoms with Gasteiger partial charge in [-0.15, -0.1) is 0 Å². The summed E-state index contributed by atoms with van der Waals surface area (Å²) < 4.78 is 0. The molecule has 0 aliphatic heterocycles. The van der Waals surface area contributed by atoms with Crippen molar-refractivity contribution in [3.63, 3.8) is 0 Å². The van der Waals surface area contributed by atoms with Crippen LogP contribution in [0.4, 0.5) is 0 Å². The van der Waals surface area contributed by atoms with Crippen LogP contribution >= 0.6 is 23.2 Å². The topological polar surface area (TPSA) is 54.4 Å². The van der Waals surface area contributed by atoms with Gasteiger partial charge in [-0.25, -0.2) is 4.79 Å². The standard InChI is InChI=1S/C5H4Cl2O3/c6-4(7)3(1-2-8)5(9)10/h1-2,4H,(H,9,10). The third kappa shape index (κ3) is 2.85. The Bertz CT molecular complexity index is 174. The molecule has 10 heavy (non-hydrogen) atoms. The quantitative estimate of drug-likeness (QED) is 0.403. The number of carboxylic acid groups (broad SMARTS) is 1. The molecule has 0 aromatic carbocycles. The van der Waals surface area contributed by atoms with Gasteiger partial charge in [-0.05, 0) is 6.08 Å². The Kier molecular flexibility index (Phi) is 4.07. The van der Waals surface area contributed by atoms with Crippen molar-refractivity contribution in [3.8, 4) is 0 Å². The lowest BCUT2D eigenvalue weighted by Gasteiger charge is -1.97. The second-order valence-electron chi connectivity index (χ2n) is 1.36. The first-order valence-corrected chi connectivity index (χ1v) is 3.13. The maximum absolute atomic E-state index is 10.1. The number of carboxylic acids is 1. The van der Waals surface area contributed by atoms with Gasteiger partial charge in [-0.1, -0.05) is 23.2 Å². The second kappa shape index (κ2) is 4.30. The van der Waals surface area contributed by atoms with E-state index < -0.39 is 10.8 Å². The Labute approximate surface area is 67.2 Å². The Hall–Kier alpha value is -0.540. The highest BCUT2D eigenvalue weighted by Crippen LogP contribution is 2.13. The zero-order chi connectivity index (χ0) is 8.15. The summed E-state index contributed by atoms with van der Waals surface area (Å²) in [5.41, 5.74) is -0.321. The number of rotatable bonds is 3. The number of carbonyl (C=O) groups is 2. The molecule has 0 aromatic rings. The van der Waals surface area contributed by atoms with E-state index in [1.165, 1.54) is 0 Å². The predicted molar refractivity (Wildman–Crippen MR) is 37.3 cm³/mol. The summed E-state index contributed by atoms with van der Waals surface area (Å²) in [5.74, 6) is -1.29. The SMILES string of the molecule is O=CC=C(C(=O)O)C(Cl)Cl. The van der Waals surface area contributed by atoms with Crippen LogP contribution in [-0.4, -0.2) is 22.2 Å². The number of aldehydes is 1. The minimum absolute atomic E-state index is 0.321. The lowest BCUT2D eigenvalue weighted by molar-refractivity contribution is -0.132. The first kappa shape index (κ1) is 9.46. The summed E-state index contributed by atoms with van der Waals surface area (Å²) in [6.45, 7) is 0. The molecule has 56 valence electrons. The molecule has 0 radical (unpaired) electrons. The van der Waals surface area contributed by atoms with Crippen LogP contribution in [0.1, 0.15) is 0 Å². The molecule has 0 amide bonds. The molecule has 0 saturated carbocycles. The van der Waals surface area contributed by atoms with Crippen molar-refractivity contribution >= 4 is 35.5 Å². The van der Waals surface area contributed by atoms with Crippen LogP contribution in [0.5, 0.6) is 0 Å². The fourth-order valence-electron chi connectivity index (χ4n) is 0.311. The first-order chi connectivity index (χ1) is 4.59. The van der Waals surface area contributed by atoms with Crippen molar-refractivity contribution < 1.29 is 14.7 Å². The van der Waals surface area contributed by atoms with Crippen molar-refractivity contribution in [1.82, 2.24) is 0 Å². The van der Waals surface area contributed by atoms with Crippen LogP contribution in [0.3, 0.4) is 0 Å². The van der Waals surface area contributed by atoms with E-state index in [9.17, 15) is 9.59 Å². The van der Waals surface area contributed by atoms with E-state index in [2.05, 4.69) is 0 Å². The van der Waals surface area contributed by atoms with Crippen LogP contribution in [0.15, 0.2) is 11.6 Å². The van der Waals surface area contributed by atoms with Gasteiger partial charge >= 0.3 is 5.97 Å². The number of halogens is 2. The van der Waals surface area contributed by atoms with E-state index in [1.807, 2.05) is 0 Å². The molecule has 1 N–H and O–H groups in total. The number of allylic oxidation sites excluding steroid dienone is 1. The molecule has 0 atom stereocenters. The fourth-order valence-corrected chi connectivity index (χ4v) is 0.643. The third-order valence-corrected chi connectivity index (χ3v) is 1.20. The van der Waals surface area contributed by atoms with Crippen molar-refractivity contribution in [3.05, 3.63) is 11.6 Å². The summed E-state index contributed by atoms with van der Waals surface area (Å²) >= 11 is 10.3. The van der Waals surface area contributed by atoms with Gasteiger partial charge in [0.25, 0.3) is 0 Å². The van der Waals surface area contributed by atoms with Crippen LogP contribution in [-0.2, 0) is 9.59 Å². The smallest absolute Gasteiger partial charge is 0.334 e. The van der Waals surface area contributed by atoms with Crippen LogP contribution in [0, 0.1) is 0 Å². The first-order valence-electron chi connectivity index (χ1n) is 2.26. The number of hydrogen-bond acceptors (Lipinski definition) is 2. The molecule has 0 saturated heterocycles. The van der Waals surface area contributed by atoms with Crippen LogP contribution < -0.4 is 0 Å². The minimum atomic E-state index is -1.29. The lowest BCUT2D eigenvalue weighted by atomic mass is 10.3. The van der Waals surface area contributed by atoms with Gasteiger partial charge in [-0.2, -0.15) is 0 Å². The molecule has 3 nitrogen and oxygen atoms in total. The van der Waals surface area contributed by atoms with Crippen LogP contribution in [0.25, 0.3) is 0 Å². The zero-order valence-electron chi connectivity index (χ0n) is 4.75. The van der Waals surface area contributed by atoms with E-state index in [0.717, 1.165) is 6.08 Å². The molecule has 0 rings (SSSR count). The Morgan fingerprint density at radius 1 is 1.50 bits per heavy atom. The van der Waals surface area contributed by atoms with Gasteiger partial charge in [0.2, 0.25) is 0 Å². The van der Waals surface area contributed by atoms with Crippen molar-refractivity contribution in [1.29, 1.82) is 0 Å². The van der Waals surface area contributed by atoms with E-state index in [-0.39, 0.29) is 5.57 Å². The van der Waals surface area contributed by atoms with Crippen molar-refractivity contribution in [2.24, 2.45) is 0 Å². The molecular weight excluding hydrogens is 179 g/mol. The van der Waals surface area contributed by atoms with Crippen LogP contribution in [0.2, 0.25) is 0 Å². The Morgan fingerprint density at radius 2 is 2.00 bits per heavy atom. The monoisotopic (exact) mass is 182 g/mol. The fraction of sp³-hybridized carbons (Fsp3) is 0.200. The highest BCUT2D eigenvalue weighted by atomic mass is 35.5. The zero-order valence-corrected chi connectivity index (χ0v) is 6.26. The summed E-state index contributed by atoms with van der Waals surface area (Å²) in [5, 5.41) is 8.28. The van der Waals surface area contributed by atoms with E-state index in [4.69, 9.17) is 28.3 Å². The Balaban J connectivity index is 4.41. The van der Waals surface area contributed by atoms with Gasteiger partial charge in [-0.3, -0.25) is 4.79 Å². The van der Waals surface area contributed by atoms with Gasteiger partial charge < -0.3 is 5.11 Å². The third-order valence-electron chi connectivity index (χ3n) is 0.730. The summed E-state index contributed by atoms with van der Waals surface area (Å²) in [6.07, 6.45) is 1.13. The molecule has 0 aliphatic rings.